The van der Waals surface area contributed by atoms with Gasteiger partial charge in [-0.1, -0.05) is 176 Å². The zero-order valence-electron chi connectivity index (χ0n) is 34.2. The van der Waals surface area contributed by atoms with Crippen molar-refractivity contribution in [2.75, 3.05) is 0 Å². The second-order valence-electron chi connectivity index (χ2n) is 16.0. The summed E-state index contributed by atoms with van der Waals surface area (Å²) in [5, 5.41) is 6.49. The van der Waals surface area contributed by atoms with E-state index in [2.05, 4.69) is 189 Å². The number of fused-ring (bicyclic) bond motifs is 9. The van der Waals surface area contributed by atoms with Crippen LogP contribution in [-0.2, 0) is 0 Å². The number of aromatic nitrogens is 5. The lowest BCUT2D eigenvalue weighted by Crippen LogP contribution is -2.10. The van der Waals surface area contributed by atoms with Crippen LogP contribution in [0.2, 0.25) is 0 Å². The highest BCUT2D eigenvalue weighted by Gasteiger charge is 2.33. The Kier molecular flexibility index (Phi) is 8.26. The summed E-state index contributed by atoms with van der Waals surface area (Å²) in [6.45, 7) is 0. The highest BCUT2D eigenvalue weighted by atomic mass is 79.9. The Morgan fingerprint density at radius 1 is 0.328 bits per heavy atom. The summed E-state index contributed by atoms with van der Waals surface area (Å²) in [7, 11) is 0. The molecule has 13 rings (SSSR count). The van der Waals surface area contributed by atoms with E-state index in [1.165, 1.54) is 0 Å². The van der Waals surface area contributed by atoms with E-state index in [-0.39, 0.29) is 0 Å². The third-order valence-corrected chi connectivity index (χ3v) is 13.1. The maximum Gasteiger partial charge on any atom is 0.166 e. The summed E-state index contributed by atoms with van der Waals surface area (Å²) >= 11 is 3.93. The maximum absolute atomic E-state index is 7.40. The molecule has 13 aromatic rings. The molecular formula is C57H34BrN5O. The average Bonchev–Trinajstić information content (AvgIpc) is 4.03. The van der Waals surface area contributed by atoms with Gasteiger partial charge >= 0.3 is 0 Å². The van der Waals surface area contributed by atoms with Crippen LogP contribution in [0.4, 0.5) is 0 Å². The lowest BCUT2D eigenvalue weighted by atomic mass is 9.90. The zero-order valence-corrected chi connectivity index (χ0v) is 35.7. The van der Waals surface area contributed by atoms with E-state index in [0.717, 1.165) is 109 Å². The highest BCUT2D eigenvalue weighted by molar-refractivity contribution is 9.10. The second-order valence-corrected chi connectivity index (χ2v) is 16.9. The highest BCUT2D eigenvalue weighted by Crippen LogP contribution is 2.53. The molecule has 0 radical (unpaired) electrons. The minimum absolute atomic E-state index is 0.539. The summed E-state index contributed by atoms with van der Waals surface area (Å²) in [5.74, 6) is 1.70. The Hall–Kier alpha value is -8.13. The average molecular weight is 885 g/mol. The quantitative estimate of drug-likeness (QED) is 0.167. The van der Waals surface area contributed by atoms with E-state index >= 15 is 0 Å². The minimum atomic E-state index is 0.539. The molecule has 0 aliphatic rings. The third kappa shape index (κ3) is 5.47. The van der Waals surface area contributed by atoms with Crippen LogP contribution in [0.3, 0.4) is 0 Å². The van der Waals surface area contributed by atoms with E-state index in [0.29, 0.717) is 17.5 Å². The molecule has 0 unspecified atom stereocenters. The van der Waals surface area contributed by atoms with Crippen molar-refractivity contribution in [3.63, 3.8) is 0 Å². The first-order valence-electron chi connectivity index (χ1n) is 21.3. The van der Waals surface area contributed by atoms with Gasteiger partial charge in [-0.3, -0.25) is 0 Å². The van der Waals surface area contributed by atoms with Gasteiger partial charge in [0.1, 0.15) is 11.3 Å². The molecule has 64 heavy (non-hydrogen) atoms. The van der Waals surface area contributed by atoms with Crippen LogP contribution in [0.1, 0.15) is 0 Å². The minimum Gasteiger partial charge on any atom is -0.453 e. The van der Waals surface area contributed by atoms with Gasteiger partial charge in [0.05, 0.1) is 37.8 Å². The second kappa shape index (κ2) is 14.5. The Balaban J connectivity index is 1.36. The molecule has 4 heterocycles. The van der Waals surface area contributed by atoms with E-state index < -0.39 is 0 Å². The standard InChI is InChI=1S/C57H34BrN5O/c58-43-30-18-29-42-49-48(35-19-4-1-5-20-35)50(57-60-55(36-21-6-2-7-22-36)59-56(61-57)37-23-8-3-9-24-37)51(62-44-31-14-10-25-38(44)39-26-11-15-32-45(39)62)52(54(49)64-53(42)43)63-46-33-16-12-27-40(46)41-28-13-17-34-47(41)63/h1-34H. The van der Waals surface area contributed by atoms with Crippen molar-refractivity contribution in [1.82, 2.24) is 24.1 Å². The number of benzene rings is 9. The molecule has 0 spiro atoms. The predicted molar refractivity (Wildman–Crippen MR) is 265 cm³/mol. The number of furan rings is 1. The Labute approximate surface area is 375 Å². The molecule has 300 valence electrons. The van der Waals surface area contributed by atoms with Crippen LogP contribution >= 0.6 is 15.9 Å². The molecule has 0 saturated heterocycles. The maximum atomic E-state index is 7.40. The predicted octanol–water partition coefficient (Wildman–Crippen LogP) is 15.4. The zero-order chi connectivity index (χ0) is 42.3. The Morgan fingerprint density at radius 3 is 1.20 bits per heavy atom. The summed E-state index contributed by atoms with van der Waals surface area (Å²) in [6.07, 6.45) is 0. The van der Waals surface area contributed by atoms with Crippen molar-refractivity contribution < 1.29 is 4.42 Å². The topological polar surface area (TPSA) is 61.7 Å². The Bertz CT molecular complexity index is 3800. The molecular weight excluding hydrogens is 851 g/mol. The summed E-state index contributed by atoms with van der Waals surface area (Å²) in [5.41, 5.74) is 12.0. The van der Waals surface area contributed by atoms with Gasteiger partial charge in [0.2, 0.25) is 0 Å². The van der Waals surface area contributed by atoms with Crippen molar-refractivity contribution in [2.45, 2.75) is 0 Å². The molecule has 0 bridgehead atoms. The fourth-order valence-corrected chi connectivity index (χ4v) is 10.2. The molecule has 6 nitrogen and oxygen atoms in total. The van der Waals surface area contributed by atoms with Crippen LogP contribution < -0.4 is 0 Å². The summed E-state index contributed by atoms with van der Waals surface area (Å²) < 4.78 is 13.1. The Morgan fingerprint density at radius 2 is 0.719 bits per heavy atom. The third-order valence-electron chi connectivity index (χ3n) is 12.4. The van der Waals surface area contributed by atoms with Crippen molar-refractivity contribution in [2.24, 2.45) is 0 Å². The van der Waals surface area contributed by atoms with E-state index in [1.807, 2.05) is 42.5 Å². The molecule has 0 aliphatic heterocycles. The molecule has 4 aromatic heterocycles. The molecule has 7 heteroatoms. The van der Waals surface area contributed by atoms with E-state index in [1.54, 1.807) is 0 Å². The number of nitrogens with zero attached hydrogens (tertiary/aromatic N) is 5. The van der Waals surface area contributed by atoms with Gasteiger partial charge < -0.3 is 13.6 Å². The molecule has 0 N–H and O–H groups in total. The van der Waals surface area contributed by atoms with Crippen LogP contribution in [0, 0.1) is 0 Å². The number of rotatable bonds is 6. The van der Waals surface area contributed by atoms with E-state index in [4.69, 9.17) is 19.4 Å². The lowest BCUT2D eigenvalue weighted by molar-refractivity contribution is 0.664. The first-order valence-corrected chi connectivity index (χ1v) is 22.1. The van der Waals surface area contributed by atoms with Gasteiger partial charge in [0, 0.05) is 49.0 Å². The van der Waals surface area contributed by atoms with Gasteiger partial charge in [-0.15, -0.1) is 0 Å². The normalized spacial score (nSPS) is 11.8. The first-order chi connectivity index (χ1) is 31.7. The van der Waals surface area contributed by atoms with Gasteiger partial charge in [0.15, 0.2) is 23.1 Å². The molecule has 0 amide bonds. The van der Waals surface area contributed by atoms with Crippen molar-refractivity contribution in [3.05, 3.63) is 211 Å². The van der Waals surface area contributed by atoms with E-state index in [9.17, 15) is 0 Å². The molecule has 0 saturated carbocycles. The van der Waals surface area contributed by atoms with Crippen LogP contribution in [0.25, 0.3) is 122 Å². The van der Waals surface area contributed by atoms with Gasteiger partial charge in [-0.05, 0) is 51.8 Å². The fourth-order valence-electron chi connectivity index (χ4n) is 9.75. The van der Waals surface area contributed by atoms with Crippen molar-refractivity contribution in [3.8, 4) is 56.7 Å². The summed E-state index contributed by atoms with van der Waals surface area (Å²) in [4.78, 5) is 16.3. The van der Waals surface area contributed by atoms with Crippen molar-refractivity contribution in [1.29, 1.82) is 0 Å². The number of halogens is 1. The van der Waals surface area contributed by atoms with Crippen molar-refractivity contribution >= 4 is 81.5 Å². The fraction of sp³-hybridized carbons (Fsp3) is 0. The molecule has 9 aromatic carbocycles. The van der Waals surface area contributed by atoms with Crippen LogP contribution in [-0.4, -0.2) is 24.1 Å². The first kappa shape index (κ1) is 36.5. The largest absolute Gasteiger partial charge is 0.453 e. The molecule has 0 atom stereocenters. The summed E-state index contributed by atoms with van der Waals surface area (Å²) in [6, 6.07) is 72.0. The van der Waals surface area contributed by atoms with Gasteiger partial charge in [-0.2, -0.15) is 0 Å². The molecule has 0 fully saturated rings. The number of hydrogen-bond donors (Lipinski definition) is 0. The number of para-hydroxylation sites is 5. The SMILES string of the molecule is Brc1cccc2c1oc1c(-n3c4ccccc4c4ccccc43)c(-n3c4ccccc4c4ccccc43)c(-c3nc(-c4ccccc4)nc(-c4ccccc4)n3)c(-c3ccccc3)c12. The van der Waals surface area contributed by atoms with Gasteiger partial charge in [0.25, 0.3) is 0 Å². The smallest absolute Gasteiger partial charge is 0.166 e. The number of hydrogen-bond acceptors (Lipinski definition) is 4. The molecule has 0 aliphatic carbocycles. The van der Waals surface area contributed by atoms with Gasteiger partial charge in [-0.25, -0.2) is 15.0 Å². The van der Waals surface area contributed by atoms with Crippen LogP contribution in [0.5, 0.6) is 0 Å². The monoisotopic (exact) mass is 883 g/mol. The lowest BCUT2D eigenvalue weighted by Gasteiger charge is -2.24. The van der Waals surface area contributed by atoms with Crippen LogP contribution in [0.15, 0.2) is 215 Å².